The minimum Gasteiger partial charge on any atom is -0.487 e. The maximum absolute atomic E-state index is 10.7. The smallest absolute Gasteiger partial charge is 0.303 e. The highest BCUT2D eigenvalue weighted by Gasteiger charge is 2.09. The first-order valence-electron chi connectivity index (χ1n) is 10.1. The van der Waals surface area contributed by atoms with Crippen molar-refractivity contribution in [3.8, 4) is 17.0 Å². The van der Waals surface area contributed by atoms with Crippen LogP contribution in [0.2, 0.25) is 5.02 Å². The van der Waals surface area contributed by atoms with Crippen molar-refractivity contribution in [3.63, 3.8) is 0 Å². The highest BCUT2D eigenvalue weighted by Crippen LogP contribution is 2.33. The van der Waals surface area contributed by atoms with Gasteiger partial charge < -0.3 is 15.2 Å². The Morgan fingerprint density at radius 3 is 2.53 bits per heavy atom. The summed E-state index contributed by atoms with van der Waals surface area (Å²) in [6, 6.07) is 23.3. The Hall–Kier alpha value is -3.35. The van der Waals surface area contributed by atoms with Crippen molar-refractivity contribution in [3.05, 3.63) is 94.3 Å². The van der Waals surface area contributed by atoms with Crippen molar-refractivity contribution < 1.29 is 14.6 Å². The number of carboxylic acid groups (broad SMARTS) is 1. The third-order valence-electron chi connectivity index (χ3n) is 4.80. The molecule has 0 amide bonds. The number of aromatic nitrogens is 1. The molecule has 4 aromatic rings. The Morgan fingerprint density at radius 1 is 1.03 bits per heavy atom. The van der Waals surface area contributed by atoms with E-state index in [0.29, 0.717) is 23.8 Å². The minimum atomic E-state index is -0.793. The summed E-state index contributed by atoms with van der Waals surface area (Å²) >= 11 is 7.94. The van der Waals surface area contributed by atoms with Crippen LogP contribution in [0.4, 0.5) is 10.8 Å². The molecular weight excluding hydrogens is 444 g/mol. The molecule has 0 radical (unpaired) electrons. The van der Waals surface area contributed by atoms with Gasteiger partial charge in [0.15, 0.2) is 5.13 Å². The molecule has 5 nitrogen and oxygen atoms in total. The number of aliphatic carboxylic acids is 1. The zero-order valence-corrected chi connectivity index (χ0v) is 18.7. The molecule has 0 aliphatic heterocycles. The van der Waals surface area contributed by atoms with Crippen LogP contribution in [-0.4, -0.2) is 16.1 Å². The lowest BCUT2D eigenvalue weighted by Gasteiger charge is -2.09. The number of hydrogen-bond donors (Lipinski definition) is 2. The third kappa shape index (κ3) is 5.87. The molecule has 2 N–H and O–H groups in total. The van der Waals surface area contributed by atoms with Crippen molar-refractivity contribution in [2.45, 2.75) is 19.4 Å². The van der Waals surface area contributed by atoms with Gasteiger partial charge in [0, 0.05) is 23.1 Å². The van der Waals surface area contributed by atoms with Crippen LogP contribution >= 0.6 is 22.9 Å². The lowest BCUT2D eigenvalue weighted by Crippen LogP contribution is -1.97. The van der Waals surface area contributed by atoms with Crippen molar-refractivity contribution >= 4 is 39.7 Å². The van der Waals surface area contributed by atoms with Crippen molar-refractivity contribution in [2.75, 3.05) is 5.32 Å². The molecule has 0 atom stereocenters. The molecule has 7 heteroatoms. The van der Waals surface area contributed by atoms with Gasteiger partial charge in [-0.3, -0.25) is 4.79 Å². The number of hydrogen-bond acceptors (Lipinski definition) is 5. The molecule has 32 heavy (non-hydrogen) atoms. The van der Waals surface area contributed by atoms with Crippen LogP contribution in [0.1, 0.15) is 17.5 Å². The minimum absolute atomic E-state index is 0.126. The van der Waals surface area contributed by atoms with E-state index in [4.69, 9.17) is 21.4 Å². The second-order valence-corrected chi connectivity index (χ2v) is 8.44. The summed E-state index contributed by atoms with van der Waals surface area (Å²) in [6.45, 7) is 0.458. The van der Waals surface area contributed by atoms with Gasteiger partial charge >= 0.3 is 5.97 Å². The highest BCUT2D eigenvalue weighted by molar-refractivity contribution is 7.14. The first-order valence-corrected chi connectivity index (χ1v) is 11.3. The monoisotopic (exact) mass is 464 g/mol. The molecule has 1 aromatic heterocycles. The number of aryl methyl sites for hydroxylation is 1. The SMILES string of the molecule is O=C(O)CCc1ccc(Nc2nc(-c3ccc(OCc4ccccc4)c(Cl)c3)cs2)cc1. The number of benzene rings is 3. The molecule has 0 saturated heterocycles. The molecule has 0 unspecified atom stereocenters. The molecular formula is C25H21ClN2O3S. The summed E-state index contributed by atoms with van der Waals surface area (Å²) in [6.07, 6.45) is 0.643. The summed E-state index contributed by atoms with van der Waals surface area (Å²) in [5.74, 6) is -0.158. The molecule has 162 valence electrons. The van der Waals surface area contributed by atoms with Gasteiger partial charge in [-0.25, -0.2) is 4.98 Å². The second-order valence-electron chi connectivity index (χ2n) is 7.17. The van der Waals surface area contributed by atoms with Gasteiger partial charge in [-0.05, 0) is 47.9 Å². The van der Waals surface area contributed by atoms with E-state index < -0.39 is 5.97 Å². The average molecular weight is 465 g/mol. The highest BCUT2D eigenvalue weighted by atomic mass is 35.5. The summed E-state index contributed by atoms with van der Waals surface area (Å²) in [5, 5.41) is 15.4. The zero-order chi connectivity index (χ0) is 22.3. The van der Waals surface area contributed by atoms with Gasteiger partial charge in [-0.2, -0.15) is 0 Å². The van der Waals surface area contributed by atoms with Crippen LogP contribution in [0, 0.1) is 0 Å². The number of nitrogens with zero attached hydrogens (tertiary/aromatic N) is 1. The van der Waals surface area contributed by atoms with Crippen LogP contribution in [0.5, 0.6) is 5.75 Å². The number of rotatable bonds is 9. The Balaban J connectivity index is 1.38. The van der Waals surface area contributed by atoms with E-state index in [1.807, 2.05) is 78.2 Å². The van der Waals surface area contributed by atoms with Gasteiger partial charge in [0.1, 0.15) is 12.4 Å². The molecule has 3 aromatic carbocycles. The first kappa shape index (κ1) is 21.9. The van der Waals surface area contributed by atoms with E-state index in [1.54, 1.807) is 0 Å². The van der Waals surface area contributed by atoms with E-state index in [0.717, 1.165) is 33.2 Å². The molecule has 0 aliphatic rings. The summed E-state index contributed by atoms with van der Waals surface area (Å²) in [5.41, 5.74) is 4.70. The predicted molar refractivity (Wildman–Crippen MR) is 129 cm³/mol. The van der Waals surface area contributed by atoms with Crippen LogP contribution in [-0.2, 0) is 17.8 Å². The molecule has 0 saturated carbocycles. The third-order valence-corrected chi connectivity index (χ3v) is 5.85. The molecule has 0 fully saturated rings. The van der Waals surface area contributed by atoms with Crippen LogP contribution in [0.15, 0.2) is 78.2 Å². The van der Waals surface area contributed by atoms with Crippen molar-refractivity contribution in [1.82, 2.24) is 4.98 Å². The standard InChI is InChI=1S/C25H21ClN2O3S/c26-21-14-19(9-12-23(21)31-15-18-4-2-1-3-5-18)22-16-32-25(28-22)27-20-10-6-17(7-11-20)8-13-24(29)30/h1-7,9-12,14,16H,8,13,15H2,(H,27,28)(H,29,30). The number of anilines is 2. The fraction of sp³-hybridized carbons (Fsp3) is 0.120. The number of ether oxygens (including phenoxy) is 1. The Labute approximate surface area is 195 Å². The quantitative estimate of drug-likeness (QED) is 0.285. The maximum Gasteiger partial charge on any atom is 0.303 e. The van der Waals surface area contributed by atoms with Gasteiger partial charge in [0.05, 0.1) is 10.7 Å². The van der Waals surface area contributed by atoms with Gasteiger partial charge in [-0.15, -0.1) is 11.3 Å². The molecule has 1 heterocycles. The summed E-state index contributed by atoms with van der Waals surface area (Å²) in [4.78, 5) is 15.3. The molecule has 4 rings (SSSR count). The Kier molecular flexibility index (Phi) is 7.04. The zero-order valence-electron chi connectivity index (χ0n) is 17.1. The average Bonchev–Trinajstić information content (AvgIpc) is 3.27. The normalized spacial score (nSPS) is 10.7. The second kappa shape index (κ2) is 10.3. The van der Waals surface area contributed by atoms with Gasteiger partial charge in [0.25, 0.3) is 0 Å². The van der Waals surface area contributed by atoms with E-state index >= 15 is 0 Å². The number of halogens is 1. The van der Waals surface area contributed by atoms with E-state index in [2.05, 4.69) is 10.3 Å². The predicted octanol–water partition coefficient (Wildman–Crippen LogP) is 6.80. The number of nitrogens with one attached hydrogen (secondary N) is 1. The lowest BCUT2D eigenvalue weighted by atomic mass is 10.1. The van der Waals surface area contributed by atoms with Gasteiger partial charge in [-0.1, -0.05) is 54.1 Å². The van der Waals surface area contributed by atoms with E-state index in [9.17, 15) is 4.79 Å². The summed E-state index contributed by atoms with van der Waals surface area (Å²) < 4.78 is 5.84. The van der Waals surface area contributed by atoms with Crippen LogP contribution in [0.3, 0.4) is 0 Å². The molecule has 0 aliphatic carbocycles. The fourth-order valence-electron chi connectivity index (χ4n) is 3.11. The number of thiazole rings is 1. The van der Waals surface area contributed by atoms with E-state index in [-0.39, 0.29) is 6.42 Å². The summed E-state index contributed by atoms with van der Waals surface area (Å²) in [7, 11) is 0. The Morgan fingerprint density at radius 2 is 1.81 bits per heavy atom. The van der Waals surface area contributed by atoms with Crippen molar-refractivity contribution in [1.29, 1.82) is 0 Å². The number of carboxylic acids is 1. The first-order chi connectivity index (χ1) is 15.6. The largest absolute Gasteiger partial charge is 0.487 e. The Bertz CT molecular complexity index is 1190. The van der Waals surface area contributed by atoms with Crippen molar-refractivity contribution in [2.24, 2.45) is 0 Å². The van der Waals surface area contributed by atoms with E-state index in [1.165, 1.54) is 11.3 Å². The molecule has 0 spiro atoms. The van der Waals surface area contributed by atoms with Gasteiger partial charge in [0.2, 0.25) is 0 Å². The lowest BCUT2D eigenvalue weighted by molar-refractivity contribution is -0.136. The number of carbonyl (C=O) groups is 1. The van der Waals surface area contributed by atoms with Crippen LogP contribution in [0.25, 0.3) is 11.3 Å². The molecule has 0 bridgehead atoms. The topological polar surface area (TPSA) is 71.5 Å². The van der Waals surface area contributed by atoms with Crippen LogP contribution < -0.4 is 10.1 Å². The fourth-order valence-corrected chi connectivity index (χ4v) is 4.08. The maximum atomic E-state index is 10.7.